The van der Waals surface area contributed by atoms with Crippen molar-refractivity contribution in [3.63, 3.8) is 0 Å². The lowest BCUT2D eigenvalue weighted by molar-refractivity contribution is 0.443. The fraction of sp³-hybridized carbons (Fsp3) is 0.857. The van der Waals surface area contributed by atoms with E-state index < -0.39 is 0 Å². The quantitative estimate of drug-likeness (QED) is 0.491. The summed E-state index contributed by atoms with van der Waals surface area (Å²) in [4.78, 5) is 0. The van der Waals surface area contributed by atoms with E-state index >= 15 is 0 Å². The minimum absolute atomic E-state index is 0.859. The smallest absolute Gasteiger partial charge is 0.0295 e. The summed E-state index contributed by atoms with van der Waals surface area (Å²) in [6.45, 7) is 11.5. The molecule has 0 nitrogen and oxygen atoms in total. The van der Waals surface area contributed by atoms with Gasteiger partial charge in [-0.1, -0.05) is 58.6 Å². The van der Waals surface area contributed by atoms with Crippen LogP contribution in [0.15, 0.2) is 11.6 Å². The first-order valence-electron chi connectivity index (χ1n) is 6.24. The Morgan fingerprint density at radius 3 is 2.21 bits per heavy atom. The van der Waals surface area contributed by atoms with Crippen LogP contribution in [-0.4, -0.2) is 0 Å². The van der Waals surface area contributed by atoms with E-state index in [9.17, 15) is 0 Å². The molecule has 84 valence electrons. The Bertz CT molecular complexity index is 153. The van der Waals surface area contributed by atoms with Gasteiger partial charge in [0.1, 0.15) is 0 Å². The van der Waals surface area contributed by atoms with Gasteiger partial charge in [-0.3, -0.25) is 0 Å². The first-order chi connectivity index (χ1) is 6.60. The van der Waals surface area contributed by atoms with Crippen molar-refractivity contribution in [1.82, 2.24) is 0 Å². The van der Waals surface area contributed by atoms with E-state index in [-0.39, 0.29) is 0 Å². The highest BCUT2D eigenvalue weighted by Gasteiger charge is 2.06. The predicted octanol–water partition coefficient (Wildman–Crippen LogP) is 5.20. The van der Waals surface area contributed by atoms with Crippen LogP contribution in [0.5, 0.6) is 0 Å². The van der Waals surface area contributed by atoms with Crippen LogP contribution in [-0.2, 0) is 0 Å². The normalized spacial score (nSPS) is 14.9. The van der Waals surface area contributed by atoms with Gasteiger partial charge in [-0.15, -0.1) is 0 Å². The second-order valence-corrected chi connectivity index (χ2v) is 4.98. The van der Waals surface area contributed by atoms with E-state index in [0.29, 0.717) is 0 Å². The van der Waals surface area contributed by atoms with Gasteiger partial charge in [-0.05, 0) is 31.6 Å². The zero-order chi connectivity index (χ0) is 11.0. The van der Waals surface area contributed by atoms with Crippen LogP contribution in [0.4, 0.5) is 0 Å². The molecular weight excluding hydrogens is 168 g/mol. The van der Waals surface area contributed by atoms with Gasteiger partial charge < -0.3 is 0 Å². The first-order valence-corrected chi connectivity index (χ1v) is 6.24. The zero-order valence-electron chi connectivity index (χ0n) is 10.8. The first kappa shape index (κ1) is 13.7. The molecule has 0 fully saturated rings. The number of rotatable bonds is 7. The molecule has 0 aromatic carbocycles. The van der Waals surface area contributed by atoms with E-state index in [4.69, 9.17) is 0 Å². The molecule has 0 amide bonds. The van der Waals surface area contributed by atoms with Crippen LogP contribution in [0.1, 0.15) is 66.7 Å². The lowest BCUT2D eigenvalue weighted by Gasteiger charge is -2.14. The van der Waals surface area contributed by atoms with Gasteiger partial charge in [-0.25, -0.2) is 0 Å². The topological polar surface area (TPSA) is 0 Å². The molecule has 0 bridgehead atoms. The highest BCUT2D eigenvalue weighted by Crippen LogP contribution is 2.21. The van der Waals surface area contributed by atoms with Gasteiger partial charge in [-0.2, -0.15) is 0 Å². The Kier molecular flexibility index (Phi) is 7.93. The molecule has 1 unspecified atom stereocenters. The van der Waals surface area contributed by atoms with Gasteiger partial charge >= 0.3 is 0 Å². The number of allylic oxidation sites excluding steroid dienone is 2. The summed E-state index contributed by atoms with van der Waals surface area (Å²) in [6.07, 6.45) is 8.98. The molecule has 0 saturated heterocycles. The highest BCUT2D eigenvalue weighted by molar-refractivity contribution is 5.00. The number of hydrogen-bond acceptors (Lipinski definition) is 0. The molecule has 0 heterocycles. The SMILES string of the molecule is CC=C(CCC)CC(C)CCC(C)C. The summed E-state index contributed by atoms with van der Waals surface area (Å²) >= 11 is 0. The molecule has 0 spiro atoms. The Labute approximate surface area is 90.8 Å². The maximum absolute atomic E-state index is 2.39. The molecule has 0 aliphatic rings. The molecule has 0 aliphatic heterocycles. The summed E-state index contributed by atoms with van der Waals surface area (Å²) in [7, 11) is 0. The largest absolute Gasteiger partial charge is 0.0884 e. The van der Waals surface area contributed by atoms with Gasteiger partial charge in [0.15, 0.2) is 0 Å². The average molecular weight is 196 g/mol. The molecule has 0 N–H and O–H groups in total. The molecule has 14 heavy (non-hydrogen) atoms. The standard InChI is InChI=1S/C14H28/c1-6-8-14(7-2)11-13(5)10-9-12(3)4/h7,12-13H,6,8-11H2,1-5H3. The van der Waals surface area contributed by atoms with E-state index in [2.05, 4.69) is 40.7 Å². The van der Waals surface area contributed by atoms with Crippen LogP contribution < -0.4 is 0 Å². The molecule has 0 rings (SSSR count). The minimum atomic E-state index is 0.859. The summed E-state index contributed by atoms with van der Waals surface area (Å²) in [5.41, 5.74) is 1.66. The third-order valence-electron chi connectivity index (χ3n) is 2.83. The molecule has 0 heteroatoms. The Morgan fingerprint density at radius 2 is 1.79 bits per heavy atom. The minimum Gasteiger partial charge on any atom is -0.0884 e. The van der Waals surface area contributed by atoms with Crippen molar-refractivity contribution >= 4 is 0 Å². The number of hydrogen-bond donors (Lipinski definition) is 0. The predicted molar refractivity (Wildman–Crippen MR) is 66.5 cm³/mol. The van der Waals surface area contributed by atoms with Crippen LogP contribution in [0.25, 0.3) is 0 Å². The van der Waals surface area contributed by atoms with E-state index in [0.717, 1.165) is 11.8 Å². The Hall–Kier alpha value is -0.260. The van der Waals surface area contributed by atoms with Crippen LogP contribution in [0, 0.1) is 11.8 Å². The molecule has 0 aliphatic carbocycles. The summed E-state index contributed by atoms with van der Waals surface area (Å²) in [5.74, 6) is 1.73. The summed E-state index contributed by atoms with van der Waals surface area (Å²) < 4.78 is 0. The monoisotopic (exact) mass is 196 g/mol. The summed E-state index contributed by atoms with van der Waals surface area (Å²) in [5, 5.41) is 0. The second kappa shape index (κ2) is 8.08. The van der Waals surface area contributed by atoms with Crippen molar-refractivity contribution in [2.45, 2.75) is 66.7 Å². The maximum atomic E-state index is 2.39. The zero-order valence-corrected chi connectivity index (χ0v) is 10.8. The van der Waals surface area contributed by atoms with Crippen LogP contribution >= 0.6 is 0 Å². The molecular formula is C14H28. The van der Waals surface area contributed by atoms with E-state index in [1.54, 1.807) is 5.57 Å². The van der Waals surface area contributed by atoms with Gasteiger partial charge in [0.2, 0.25) is 0 Å². The third-order valence-corrected chi connectivity index (χ3v) is 2.83. The second-order valence-electron chi connectivity index (χ2n) is 4.98. The van der Waals surface area contributed by atoms with Crippen molar-refractivity contribution in [2.75, 3.05) is 0 Å². The lowest BCUT2D eigenvalue weighted by Crippen LogP contribution is -1.99. The molecule has 0 saturated carbocycles. The van der Waals surface area contributed by atoms with Crippen molar-refractivity contribution in [3.05, 3.63) is 11.6 Å². The maximum Gasteiger partial charge on any atom is -0.0295 e. The van der Waals surface area contributed by atoms with Crippen LogP contribution in [0.3, 0.4) is 0 Å². The Morgan fingerprint density at radius 1 is 1.14 bits per heavy atom. The summed E-state index contributed by atoms with van der Waals surface area (Å²) in [6, 6.07) is 0. The highest BCUT2D eigenvalue weighted by atomic mass is 14.1. The van der Waals surface area contributed by atoms with E-state index in [1.165, 1.54) is 32.1 Å². The van der Waals surface area contributed by atoms with E-state index in [1.807, 2.05) is 0 Å². The lowest BCUT2D eigenvalue weighted by atomic mass is 9.92. The van der Waals surface area contributed by atoms with Crippen molar-refractivity contribution < 1.29 is 0 Å². The molecule has 1 atom stereocenters. The van der Waals surface area contributed by atoms with Gasteiger partial charge in [0.05, 0.1) is 0 Å². The van der Waals surface area contributed by atoms with Crippen molar-refractivity contribution in [2.24, 2.45) is 11.8 Å². The molecule has 0 radical (unpaired) electrons. The van der Waals surface area contributed by atoms with Crippen molar-refractivity contribution in [1.29, 1.82) is 0 Å². The molecule has 0 aromatic rings. The van der Waals surface area contributed by atoms with Crippen LogP contribution in [0.2, 0.25) is 0 Å². The average Bonchev–Trinajstić information content (AvgIpc) is 2.14. The van der Waals surface area contributed by atoms with Gasteiger partial charge in [0.25, 0.3) is 0 Å². The fourth-order valence-electron chi connectivity index (χ4n) is 1.85. The third kappa shape index (κ3) is 7.17. The molecule has 0 aromatic heterocycles. The van der Waals surface area contributed by atoms with Gasteiger partial charge in [0, 0.05) is 0 Å². The van der Waals surface area contributed by atoms with Crippen molar-refractivity contribution in [3.8, 4) is 0 Å². The Balaban J connectivity index is 3.73. The fourth-order valence-corrected chi connectivity index (χ4v) is 1.85.